The Kier molecular flexibility index (Phi) is 3.78. The van der Waals surface area contributed by atoms with Crippen LogP contribution in [0.25, 0.3) is 0 Å². The highest BCUT2D eigenvalue weighted by atomic mass is 16.1. The van der Waals surface area contributed by atoms with Gasteiger partial charge in [-0.2, -0.15) is 0 Å². The van der Waals surface area contributed by atoms with Crippen LogP contribution in [-0.4, -0.2) is 9.97 Å². The fraction of sp³-hybridized carbons (Fsp3) is 0.412. The fourth-order valence-electron chi connectivity index (χ4n) is 2.91. The molecule has 0 bridgehead atoms. The summed E-state index contributed by atoms with van der Waals surface area (Å²) in [5.41, 5.74) is 2.63. The van der Waals surface area contributed by atoms with Crippen molar-refractivity contribution < 1.29 is 0 Å². The number of anilines is 1. The van der Waals surface area contributed by atoms with Crippen molar-refractivity contribution in [1.29, 1.82) is 0 Å². The Morgan fingerprint density at radius 3 is 2.95 bits per heavy atom. The van der Waals surface area contributed by atoms with E-state index in [1.807, 2.05) is 13.8 Å². The molecule has 1 unspecified atom stereocenters. The number of H-pyrrole nitrogens is 1. The van der Waals surface area contributed by atoms with E-state index >= 15 is 0 Å². The van der Waals surface area contributed by atoms with Crippen molar-refractivity contribution in [3.63, 3.8) is 0 Å². The average Bonchev–Trinajstić information content (AvgIpc) is 2.47. The van der Waals surface area contributed by atoms with Crippen molar-refractivity contribution >= 4 is 5.82 Å². The molecule has 2 aromatic rings. The van der Waals surface area contributed by atoms with Crippen LogP contribution in [0.15, 0.2) is 35.1 Å². The number of nitrogens with zero attached hydrogens (tertiary/aromatic N) is 1. The van der Waals surface area contributed by atoms with Crippen molar-refractivity contribution in [1.82, 2.24) is 9.97 Å². The lowest BCUT2D eigenvalue weighted by Crippen LogP contribution is -2.20. The number of aromatic amines is 1. The molecule has 110 valence electrons. The smallest absolute Gasteiger partial charge is 0.252 e. The van der Waals surface area contributed by atoms with Crippen LogP contribution in [-0.2, 0) is 6.42 Å². The molecule has 0 radical (unpaired) electrons. The first kappa shape index (κ1) is 13.9. The van der Waals surface area contributed by atoms with Crippen LogP contribution in [0, 0.1) is 0 Å². The fourth-order valence-corrected chi connectivity index (χ4v) is 2.91. The van der Waals surface area contributed by atoms with E-state index in [1.165, 1.54) is 11.1 Å². The van der Waals surface area contributed by atoms with Gasteiger partial charge in [0.2, 0.25) is 0 Å². The molecular formula is C17H21N3O. The van der Waals surface area contributed by atoms with E-state index in [2.05, 4.69) is 39.6 Å². The van der Waals surface area contributed by atoms with Gasteiger partial charge in [0.1, 0.15) is 11.6 Å². The van der Waals surface area contributed by atoms with Gasteiger partial charge < -0.3 is 10.3 Å². The Labute approximate surface area is 124 Å². The second-order valence-corrected chi connectivity index (χ2v) is 5.96. The first-order chi connectivity index (χ1) is 10.1. The molecule has 0 saturated heterocycles. The minimum Gasteiger partial charge on any atom is -0.363 e. The molecule has 2 N–H and O–H groups in total. The van der Waals surface area contributed by atoms with Gasteiger partial charge in [-0.05, 0) is 30.4 Å². The van der Waals surface area contributed by atoms with Gasteiger partial charge in [-0.3, -0.25) is 4.79 Å². The summed E-state index contributed by atoms with van der Waals surface area (Å²) in [6, 6.07) is 10.3. The molecule has 1 aromatic carbocycles. The van der Waals surface area contributed by atoms with Gasteiger partial charge in [-0.25, -0.2) is 4.98 Å². The van der Waals surface area contributed by atoms with E-state index in [4.69, 9.17) is 0 Å². The molecule has 0 fully saturated rings. The quantitative estimate of drug-likeness (QED) is 0.908. The SMILES string of the molecule is CC(C)c1nc(NC2CCCc3ccccc32)cc(=O)[nH]1. The van der Waals surface area contributed by atoms with Crippen LogP contribution in [0.1, 0.15) is 55.6 Å². The molecule has 4 heteroatoms. The Balaban J connectivity index is 1.90. The molecule has 4 nitrogen and oxygen atoms in total. The van der Waals surface area contributed by atoms with Crippen molar-refractivity contribution in [2.75, 3.05) is 5.32 Å². The molecule has 0 spiro atoms. The highest BCUT2D eigenvalue weighted by Crippen LogP contribution is 2.31. The highest BCUT2D eigenvalue weighted by Gasteiger charge is 2.20. The number of rotatable bonds is 3. The second-order valence-electron chi connectivity index (χ2n) is 5.96. The third-order valence-electron chi connectivity index (χ3n) is 4.00. The standard InChI is InChI=1S/C17H21N3O/c1-11(2)17-19-15(10-16(21)20-17)18-14-9-5-7-12-6-3-4-8-13(12)14/h3-4,6,8,10-11,14H,5,7,9H2,1-2H3,(H2,18,19,20,21). The Morgan fingerprint density at radius 2 is 2.14 bits per heavy atom. The minimum atomic E-state index is -0.0969. The number of benzene rings is 1. The van der Waals surface area contributed by atoms with Gasteiger partial charge in [0, 0.05) is 12.0 Å². The predicted octanol–water partition coefficient (Wildman–Crippen LogP) is 3.38. The maximum absolute atomic E-state index is 11.8. The number of hydrogen-bond donors (Lipinski definition) is 2. The predicted molar refractivity (Wildman–Crippen MR) is 84.7 cm³/mol. The summed E-state index contributed by atoms with van der Waals surface area (Å²) >= 11 is 0. The molecule has 1 aromatic heterocycles. The molecule has 1 aliphatic carbocycles. The average molecular weight is 283 g/mol. The van der Waals surface area contributed by atoms with Gasteiger partial charge in [-0.15, -0.1) is 0 Å². The van der Waals surface area contributed by atoms with Crippen LogP contribution in [0.4, 0.5) is 5.82 Å². The summed E-state index contributed by atoms with van der Waals surface area (Å²) < 4.78 is 0. The zero-order chi connectivity index (χ0) is 14.8. The normalized spacial score (nSPS) is 17.6. The third-order valence-corrected chi connectivity index (χ3v) is 4.00. The molecule has 0 saturated carbocycles. The minimum absolute atomic E-state index is 0.0969. The van der Waals surface area contributed by atoms with Gasteiger partial charge in [-0.1, -0.05) is 38.1 Å². The van der Waals surface area contributed by atoms with E-state index in [-0.39, 0.29) is 17.5 Å². The molecule has 0 aliphatic heterocycles. The topological polar surface area (TPSA) is 57.8 Å². The molecule has 1 aliphatic rings. The summed E-state index contributed by atoms with van der Waals surface area (Å²) in [4.78, 5) is 19.1. The third kappa shape index (κ3) is 2.99. The number of aromatic nitrogens is 2. The molecular weight excluding hydrogens is 262 g/mol. The van der Waals surface area contributed by atoms with Gasteiger partial charge in [0.05, 0.1) is 6.04 Å². The maximum atomic E-state index is 11.8. The first-order valence-corrected chi connectivity index (χ1v) is 7.59. The van der Waals surface area contributed by atoms with E-state index in [1.54, 1.807) is 6.07 Å². The summed E-state index contributed by atoms with van der Waals surface area (Å²) in [6.45, 7) is 4.05. The number of hydrogen-bond acceptors (Lipinski definition) is 3. The van der Waals surface area contributed by atoms with E-state index < -0.39 is 0 Å². The first-order valence-electron chi connectivity index (χ1n) is 7.59. The lowest BCUT2D eigenvalue weighted by Gasteiger charge is -2.26. The van der Waals surface area contributed by atoms with Crippen molar-refractivity contribution in [2.24, 2.45) is 0 Å². The number of fused-ring (bicyclic) bond motifs is 1. The summed E-state index contributed by atoms with van der Waals surface area (Å²) in [5, 5.41) is 3.44. The van der Waals surface area contributed by atoms with Gasteiger partial charge in [0.15, 0.2) is 0 Å². The lowest BCUT2D eigenvalue weighted by molar-refractivity contribution is 0.597. The van der Waals surface area contributed by atoms with Crippen LogP contribution < -0.4 is 10.9 Å². The summed E-state index contributed by atoms with van der Waals surface area (Å²) in [6.07, 6.45) is 3.37. The molecule has 1 atom stereocenters. The maximum Gasteiger partial charge on any atom is 0.252 e. The number of nitrogens with one attached hydrogen (secondary N) is 2. The largest absolute Gasteiger partial charge is 0.363 e. The van der Waals surface area contributed by atoms with Crippen molar-refractivity contribution in [3.05, 3.63) is 57.6 Å². The highest BCUT2D eigenvalue weighted by molar-refractivity contribution is 5.41. The molecule has 0 amide bonds. The van der Waals surface area contributed by atoms with Crippen LogP contribution in [0.3, 0.4) is 0 Å². The zero-order valence-corrected chi connectivity index (χ0v) is 12.5. The Morgan fingerprint density at radius 1 is 1.33 bits per heavy atom. The van der Waals surface area contributed by atoms with Gasteiger partial charge >= 0.3 is 0 Å². The van der Waals surface area contributed by atoms with E-state index in [9.17, 15) is 4.79 Å². The van der Waals surface area contributed by atoms with Crippen molar-refractivity contribution in [2.45, 2.75) is 45.1 Å². The Hall–Kier alpha value is -2.10. The zero-order valence-electron chi connectivity index (χ0n) is 12.5. The van der Waals surface area contributed by atoms with Gasteiger partial charge in [0.25, 0.3) is 5.56 Å². The van der Waals surface area contributed by atoms with Crippen molar-refractivity contribution in [3.8, 4) is 0 Å². The molecule has 1 heterocycles. The molecule has 3 rings (SSSR count). The number of aryl methyl sites for hydroxylation is 1. The van der Waals surface area contributed by atoms with Crippen LogP contribution in [0.2, 0.25) is 0 Å². The van der Waals surface area contributed by atoms with Crippen LogP contribution >= 0.6 is 0 Å². The summed E-state index contributed by atoms with van der Waals surface area (Å²) in [5.74, 6) is 1.61. The molecule has 21 heavy (non-hydrogen) atoms. The van der Waals surface area contributed by atoms with E-state index in [0.717, 1.165) is 25.1 Å². The second kappa shape index (κ2) is 5.72. The van der Waals surface area contributed by atoms with Crippen LogP contribution in [0.5, 0.6) is 0 Å². The lowest BCUT2D eigenvalue weighted by atomic mass is 9.88. The summed E-state index contributed by atoms with van der Waals surface area (Å²) in [7, 11) is 0. The monoisotopic (exact) mass is 283 g/mol. The Bertz CT molecular complexity index is 690. The van der Waals surface area contributed by atoms with E-state index in [0.29, 0.717) is 5.82 Å².